The van der Waals surface area contributed by atoms with Gasteiger partial charge in [0.1, 0.15) is 12.5 Å². The minimum absolute atomic E-state index is 0.0861. The summed E-state index contributed by atoms with van der Waals surface area (Å²) in [5.74, 6) is 0. The molecule has 10 heavy (non-hydrogen) atoms. The lowest BCUT2D eigenvalue weighted by molar-refractivity contribution is 0.597. The van der Waals surface area contributed by atoms with Gasteiger partial charge in [0.05, 0.1) is 0 Å². The van der Waals surface area contributed by atoms with Crippen molar-refractivity contribution in [2.45, 2.75) is 12.6 Å². The largest absolute Gasteiger partial charge is 0.299 e. The van der Waals surface area contributed by atoms with Crippen molar-refractivity contribution in [1.29, 1.82) is 0 Å². The molecule has 1 N–H and O–H groups in total. The molecule has 3 heteroatoms. The van der Waals surface area contributed by atoms with Crippen molar-refractivity contribution in [2.75, 3.05) is 7.05 Å². The number of hydrogen-bond acceptors (Lipinski definition) is 2. The molecule has 56 valence electrons. The van der Waals surface area contributed by atoms with Gasteiger partial charge in [-0.2, -0.15) is 0 Å². The molecular weight excluding hydrogens is 126 g/mol. The summed E-state index contributed by atoms with van der Waals surface area (Å²) in [6, 6.07) is 0. The minimum Gasteiger partial charge on any atom is -0.299 e. The molecule has 0 bridgehead atoms. The summed E-state index contributed by atoms with van der Waals surface area (Å²) in [6.07, 6.45) is 4.14. The first-order chi connectivity index (χ1) is 4.85. The highest BCUT2D eigenvalue weighted by Crippen LogP contribution is 1.91. The number of hydrogen-bond donors (Lipinski definition) is 1. The average Bonchev–Trinajstić information content (AvgIpc) is 1.98. The van der Waals surface area contributed by atoms with Crippen LogP contribution in [0.3, 0.4) is 0 Å². The normalized spacial score (nSPS) is 13.3. The summed E-state index contributed by atoms with van der Waals surface area (Å²) >= 11 is 0. The third-order valence-corrected chi connectivity index (χ3v) is 1.05. The Kier molecular flexibility index (Phi) is 5.57. The van der Waals surface area contributed by atoms with E-state index in [1.54, 1.807) is 0 Å². The van der Waals surface area contributed by atoms with Crippen molar-refractivity contribution in [3.05, 3.63) is 12.7 Å². The Labute approximate surface area is 61.6 Å². The van der Waals surface area contributed by atoms with E-state index in [9.17, 15) is 0 Å². The lowest BCUT2D eigenvalue weighted by Gasteiger charge is -2.05. The maximum Gasteiger partial charge on any atom is 0.111 e. The van der Waals surface area contributed by atoms with Crippen LogP contribution in [0.4, 0.5) is 0 Å². The van der Waals surface area contributed by atoms with Gasteiger partial charge in [0.25, 0.3) is 0 Å². The van der Waals surface area contributed by atoms with Crippen LogP contribution in [0.15, 0.2) is 22.6 Å². The van der Waals surface area contributed by atoms with Crippen LogP contribution in [0.25, 0.3) is 0 Å². The second-order valence-electron chi connectivity index (χ2n) is 1.78. The number of rotatable bonds is 5. The molecule has 0 radical (unpaired) electrons. The zero-order valence-corrected chi connectivity index (χ0v) is 6.25. The molecule has 0 rings (SSSR count). The molecule has 3 nitrogen and oxygen atoms in total. The molecule has 0 aliphatic heterocycles. The van der Waals surface area contributed by atoms with Crippen molar-refractivity contribution < 1.29 is 0 Å². The van der Waals surface area contributed by atoms with E-state index in [1.165, 1.54) is 6.34 Å². The Hall–Kier alpha value is -0.960. The van der Waals surface area contributed by atoms with Crippen LogP contribution in [0.5, 0.6) is 0 Å². The summed E-state index contributed by atoms with van der Waals surface area (Å²) < 4.78 is 0. The number of aliphatic imine (C=N–C) groups is 2. The minimum atomic E-state index is 0.0861. The smallest absolute Gasteiger partial charge is 0.111 e. The number of nitrogens with zero attached hydrogens (tertiary/aromatic N) is 2. The molecule has 0 aromatic carbocycles. The molecular formula is C7H13N3. The van der Waals surface area contributed by atoms with Crippen molar-refractivity contribution in [2.24, 2.45) is 9.98 Å². The Morgan fingerprint density at radius 3 is 2.80 bits per heavy atom. The van der Waals surface area contributed by atoms with Gasteiger partial charge in [-0.1, -0.05) is 6.08 Å². The fourth-order valence-corrected chi connectivity index (χ4v) is 0.539. The fourth-order valence-electron chi connectivity index (χ4n) is 0.539. The third-order valence-electron chi connectivity index (χ3n) is 1.05. The number of nitrogens with one attached hydrogen (secondary N) is 1. The van der Waals surface area contributed by atoms with Crippen molar-refractivity contribution in [1.82, 2.24) is 5.32 Å². The fraction of sp³-hybridized carbons (Fsp3) is 0.429. The van der Waals surface area contributed by atoms with Crippen molar-refractivity contribution >= 4 is 13.1 Å². The molecule has 0 amide bonds. The van der Waals surface area contributed by atoms with Crippen LogP contribution in [-0.4, -0.2) is 26.3 Å². The Morgan fingerprint density at radius 1 is 1.70 bits per heavy atom. The van der Waals surface area contributed by atoms with Crippen molar-refractivity contribution in [3.63, 3.8) is 0 Å². The molecule has 0 saturated heterocycles. The maximum atomic E-state index is 4.01. The second kappa shape index (κ2) is 6.16. The van der Waals surface area contributed by atoms with E-state index in [1.807, 2.05) is 13.1 Å². The van der Waals surface area contributed by atoms with E-state index in [0.29, 0.717) is 0 Å². The van der Waals surface area contributed by atoms with Crippen LogP contribution >= 0.6 is 0 Å². The quantitative estimate of drug-likeness (QED) is 0.342. The van der Waals surface area contributed by atoms with Crippen LogP contribution < -0.4 is 5.32 Å². The van der Waals surface area contributed by atoms with E-state index in [2.05, 4.69) is 28.6 Å². The lowest BCUT2D eigenvalue weighted by Crippen LogP contribution is -2.21. The lowest BCUT2D eigenvalue weighted by atomic mass is 10.3. The Bertz CT molecular complexity index is 129. The summed E-state index contributed by atoms with van der Waals surface area (Å²) in [6.45, 7) is 6.87. The molecule has 0 aliphatic rings. The molecule has 0 spiro atoms. The first-order valence-electron chi connectivity index (χ1n) is 3.10. The summed E-state index contributed by atoms with van der Waals surface area (Å²) in [4.78, 5) is 7.50. The molecule has 1 unspecified atom stereocenters. The highest BCUT2D eigenvalue weighted by molar-refractivity contribution is 5.62. The highest BCUT2D eigenvalue weighted by Gasteiger charge is 1.95. The van der Waals surface area contributed by atoms with E-state index in [0.717, 1.165) is 6.42 Å². The van der Waals surface area contributed by atoms with Gasteiger partial charge in [-0.25, -0.2) is 0 Å². The standard InChI is InChI=1S/C7H13N3/c1-4-5-7(9-3)10-6-8-2/h4,6-7,9H,1-2,5H2,3H3. The molecule has 0 saturated carbocycles. The molecule has 0 heterocycles. The third kappa shape index (κ3) is 3.97. The zero-order valence-electron chi connectivity index (χ0n) is 6.25. The van der Waals surface area contributed by atoms with E-state index in [4.69, 9.17) is 0 Å². The maximum absolute atomic E-state index is 4.01. The Morgan fingerprint density at radius 2 is 2.40 bits per heavy atom. The van der Waals surface area contributed by atoms with Crippen LogP contribution in [0, 0.1) is 0 Å². The van der Waals surface area contributed by atoms with Crippen molar-refractivity contribution in [3.8, 4) is 0 Å². The SMILES string of the molecule is C=CCC(N=CN=C)NC. The topological polar surface area (TPSA) is 36.8 Å². The van der Waals surface area contributed by atoms with E-state index >= 15 is 0 Å². The van der Waals surface area contributed by atoms with Gasteiger partial charge in [-0.05, 0) is 13.8 Å². The molecule has 0 fully saturated rings. The first kappa shape index (κ1) is 9.04. The summed E-state index contributed by atoms with van der Waals surface area (Å²) in [5.41, 5.74) is 0. The van der Waals surface area contributed by atoms with Gasteiger partial charge in [0.15, 0.2) is 0 Å². The first-order valence-corrected chi connectivity index (χ1v) is 3.10. The molecule has 1 atom stereocenters. The zero-order chi connectivity index (χ0) is 7.82. The van der Waals surface area contributed by atoms with Gasteiger partial charge in [-0.3, -0.25) is 15.3 Å². The average molecular weight is 139 g/mol. The van der Waals surface area contributed by atoms with Gasteiger partial charge >= 0.3 is 0 Å². The predicted molar refractivity (Wildman–Crippen MR) is 45.7 cm³/mol. The van der Waals surface area contributed by atoms with Crippen LogP contribution in [0.2, 0.25) is 0 Å². The van der Waals surface area contributed by atoms with Gasteiger partial charge in [-0.15, -0.1) is 6.58 Å². The molecule has 0 aliphatic carbocycles. The summed E-state index contributed by atoms with van der Waals surface area (Å²) in [5, 5.41) is 2.98. The van der Waals surface area contributed by atoms with Crippen LogP contribution in [0.1, 0.15) is 6.42 Å². The summed E-state index contributed by atoms with van der Waals surface area (Å²) in [7, 11) is 1.84. The molecule has 0 aromatic rings. The van der Waals surface area contributed by atoms with E-state index < -0.39 is 0 Å². The van der Waals surface area contributed by atoms with E-state index in [-0.39, 0.29) is 6.17 Å². The predicted octanol–water partition coefficient (Wildman–Crippen LogP) is 0.837. The Balaban J connectivity index is 3.68. The highest BCUT2D eigenvalue weighted by atomic mass is 15.1. The molecule has 0 aromatic heterocycles. The van der Waals surface area contributed by atoms with Crippen LogP contribution in [-0.2, 0) is 0 Å². The van der Waals surface area contributed by atoms with Gasteiger partial charge < -0.3 is 0 Å². The van der Waals surface area contributed by atoms with Gasteiger partial charge in [0, 0.05) is 6.42 Å². The van der Waals surface area contributed by atoms with Gasteiger partial charge in [0.2, 0.25) is 0 Å². The monoisotopic (exact) mass is 139 g/mol. The second-order valence-corrected chi connectivity index (χ2v) is 1.78.